The molecule has 1 aromatic carbocycles. The van der Waals surface area contributed by atoms with Crippen LogP contribution in [0.5, 0.6) is 0 Å². The molecule has 2 aromatic rings. The maximum Gasteiger partial charge on any atom is 0.235 e. The van der Waals surface area contributed by atoms with Crippen molar-refractivity contribution in [3.63, 3.8) is 0 Å². The van der Waals surface area contributed by atoms with Crippen molar-refractivity contribution in [2.75, 3.05) is 18.9 Å². The van der Waals surface area contributed by atoms with Crippen molar-refractivity contribution >= 4 is 17.7 Å². The predicted molar refractivity (Wildman–Crippen MR) is 99.7 cm³/mol. The van der Waals surface area contributed by atoms with Gasteiger partial charge >= 0.3 is 0 Å². The molecule has 1 fully saturated rings. The second kappa shape index (κ2) is 8.53. The first-order valence-electron chi connectivity index (χ1n) is 8.94. The minimum atomic E-state index is -0.278. The lowest BCUT2D eigenvalue weighted by Gasteiger charge is -2.23. The fraction of sp³-hybridized carbons (Fsp3) is 0.500. The number of nitrogens with zero attached hydrogens (tertiary/aromatic N) is 4. The molecule has 1 atom stereocenters. The summed E-state index contributed by atoms with van der Waals surface area (Å²) in [6.45, 7) is 3.54. The molecule has 0 saturated carbocycles. The Morgan fingerprint density at radius 2 is 1.85 bits per heavy atom. The van der Waals surface area contributed by atoms with E-state index < -0.39 is 0 Å². The average Bonchev–Trinajstić information content (AvgIpc) is 2.84. The van der Waals surface area contributed by atoms with Crippen molar-refractivity contribution in [1.29, 1.82) is 0 Å². The number of benzene rings is 1. The summed E-state index contributed by atoms with van der Waals surface area (Å²) in [5, 5.41) is 8.49. The zero-order chi connectivity index (χ0) is 18.5. The number of nitrogen functional groups attached to an aromatic ring is 1. The molecule has 0 unspecified atom stereocenters. The summed E-state index contributed by atoms with van der Waals surface area (Å²) in [6, 6.07) is 6.21. The van der Waals surface area contributed by atoms with Crippen molar-refractivity contribution in [3.05, 3.63) is 41.5 Å². The van der Waals surface area contributed by atoms with Gasteiger partial charge in [0.05, 0.1) is 5.25 Å². The van der Waals surface area contributed by atoms with Crippen LogP contribution in [0.15, 0.2) is 29.4 Å². The summed E-state index contributed by atoms with van der Waals surface area (Å²) in [7, 11) is 0. The summed E-state index contributed by atoms with van der Waals surface area (Å²) >= 11 is 1.33. The molecular formula is C18H24FN5OS. The Morgan fingerprint density at radius 1 is 1.19 bits per heavy atom. The van der Waals surface area contributed by atoms with Crippen LogP contribution in [0.3, 0.4) is 0 Å². The van der Waals surface area contributed by atoms with Crippen LogP contribution in [-0.2, 0) is 11.2 Å². The van der Waals surface area contributed by atoms with Gasteiger partial charge < -0.3 is 10.7 Å². The van der Waals surface area contributed by atoms with Crippen molar-refractivity contribution < 1.29 is 9.18 Å². The van der Waals surface area contributed by atoms with Gasteiger partial charge in [0.1, 0.15) is 5.82 Å². The van der Waals surface area contributed by atoms with Crippen LogP contribution in [0.2, 0.25) is 0 Å². The molecule has 3 rings (SSSR count). The monoisotopic (exact) mass is 377 g/mol. The Morgan fingerprint density at radius 3 is 2.50 bits per heavy atom. The number of thioether (sulfide) groups is 1. The molecular weight excluding hydrogens is 353 g/mol. The Labute approximate surface area is 156 Å². The van der Waals surface area contributed by atoms with E-state index in [1.165, 1.54) is 41.4 Å². The van der Waals surface area contributed by atoms with Crippen LogP contribution in [0, 0.1) is 5.82 Å². The van der Waals surface area contributed by atoms with Crippen LogP contribution in [0.25, 0.3) is 0 Å². The lowest BCUT2D eigenvalue weighted by Crippen LogP contribution is -2.37. The maximum absolute atomic E-state index is 13.0. The number of hydrogen-bond donors (Lipinski definition) is 1. The number of nitrogens with two attached hydrogens (primary N) is 1. The normalized spacial score (nSPS) is 16.3. The van der Waals surface area contributed by atoms with E-state index in [-0.39, 0.29) is 17.0 Å². The van der Waals surface area contributed by atoms with Gasteiger partial charge in [0.15, 0.2) is 5.82 Å². The summed E-state index contributed by atoms with van der Waals surface area (Å²) in [5.74, 6) is 6.53. The minimum Gasteiger partial charge on any atom is -0.342 e. The first-order chi connectivity index (χ1) is 12.5. The largest absolute Gasteiger partial charge is 0.342 e. The second-order valence-corrected chi connectivity index (χ2v) is 7.88. The van der Waals surface area contributed by atoms with Crippen LogP contribution in [-0.4, -0.2) is 44.0 Å². The van der Waals surface area contributed by atoms with E-state index >= 15 is 0 Å². The molecule has 1 aromatic heterocycles. The number of halogens is 1. The van der Waals surface area contributed by atoms with Crippen LogP contribution < -0.4 is 5.84 Å². The molecule has 0 bridgehead atoms. The quantitative estimate of drug-likeness (QED) is 0.640. The van der Waals surface area contributed by atoms with E-state index in [0.717, 1.165) is 31.5 Å². The minimum absolute atomic E-state index is 0.125. The third-order valence-electron chi connectivity index (χ3n) is 4.56. The van der Waals surface area contributed by atoms with Gasteiger partial charge in [-0.1, -0.05) is 36.7 Å². The highest BCUT2D eigenvalue weighted by Gasteiger charge is 2.24. The summed E-state index contributed by atoms with van der Waals surface area (Å²) in [4.78, 5) is 14.6. The number of likely N-dealkylation sites (tertiary alicyclic amines) is 1. The van der Waals surface area contributed by atoms with Crippen LogP contribution >= 0.6 is 11.8 Å². The number of rotatable bonds is 5. The molecule has 1 aliphatic rings. The fourth-order valence-electron chi connectivity index (χ4n) is 3.05. The molecule has 0 aliphatic carbocycles. The van der Waals surface area contributed by atoms with E-state index in [0.29, 0.717) is 17.4 Å². The number of aromatic nitrogens is 3. The number of amides is 1. The lowest BCUT2D eigenvalue weighted by atomic mass is 10.1. The molecule has 8 heteroatoms. The highest BCUT2D eigenvalue weighted by molar-refractivity contribution is 8.00. The Balaban J connectivity index is 1.63. The number of hydrogen-bond acceptors (Lipinski definition) is 5. The van der Waals surface area contributed by atoms with Gasteiger partial charge in [-0.2, -0.15) is 0 Å². The topological polar surface area (TPSA) is 77.0 Å². The Bertz CT molecular complexity index is 741. The Hall–Kier alpha value is -2.09. The molecule has 26 heavy (non-hydrogen) atoms. The van der Waals surface area contributed by atoms with Crippen LogP contribution in [0.1, 0.15) is 44.0 Å². The summed E-state index contributed by atoms with van der Waals surface area (Å²) < 4.78 is 14.4. The zero-order valence-corrected chi connectivity index (χ0v) is 15.7. The SMILES string of the molecule is C[C@H](Sc1nnc(Cc2ccc(F)cc2)n1N)C(=O)N1CCCCCC1. The molecule has 0 spiro atoms. The first-order valence-corrected chi connectivity index (χ1v) is 9.82. The van der Waals surface area contributed by atoms with E-state index in [1.807, 2.05) is 11.8 Å². The van der Waals surface area contributed by atoms with E-state index in [2.05, 4.69) is 10.2 Å². The summed E-state index contributed by atoms with van der Waals surface area (Å²) in [6.07, 6.45) is 4.97. The fourth-order valence-corrected chi connectivity index (χ4v) is 3.92. The third-order valence-corrected chi connectivity index (χ3v) is 5.60. The molecule has 1 amide bonds. The van der Waals surface area contributed by atoms with E-state index in [4.69, 9.17) is 5.84 Å². The second-order valence-electron chi connectivity index (χ2n) is 6.57. The standard InChI is InChI=1S/C18H24FN5OS/c1-13(17(25)23-10-4-2-3-5-11-23)26-18-22-21-16(24(18)20)12-14-6-8-15(19)9-7-14/h6-9,13H,2-5,10-12,20H2,1H3/t13-/m0/s1. The number of carbonyl (C=O) groups excluding carboxylic acids is 1. The van der Waals surface area contributed by atoms with Crippen molar-refractivity contribution in [3.8, 4) is 0 Å². The van der Waals surface area contributed by atoms with Crippen molar-refractivity contribution in [2.45, 2.75) is 49.4 Å². The molecule has 140 valence electrons. The van der Waals surface area contributed by atoms with Gasteiger partial charge in [0.2, 0.25) is 11.1 Å². The van der Waals surface area contributed by atoms with E-state index in [1.54, 1.807) is 12.1 Å². The molecule has 2 heterocycles. The van der Waals surface area contributed by atoms with Crippen molar-refractivity contribution in [1.82, 2.24) is 19.8 Å². The van der Waals surface area contributed by atoms with Gasteiger partial charge in [-0.15, -0.1) is 10.2 Å². The molecule has 2 N–H and O–H groups in total. The van der Waals surface area contributed by atoms with Crippen LogP contribution in [0.4, 0.5) is 4.39 Å². The number of carbonyl (C=O) groups is 1. The van der Waals surface area contributed by atoms with Gasteiger partial charge in [0.25, 0.3) is 0 Å². The summed E-state index contributed by atoms with van der Waals surface area (Å²) in [5.41, 5.74) is 0.899. The van der Waals surface area contributed by atoms with Gasteiger partial charge in [0, 0.05) is 19.5 Å². The highest BCUT2D eigenvalue weighted by Crippen LogP contribution is 2.24. The predicted octanol–water partition coefficient (Wildman–Crippen LogP) is 2.61. The van der Waals surface area contributed by atoms with Crippen molar-refractivity contribution in [2.24, 2.45) is 0 Å². The van der Waals surface area contributed by atoms with E-state index in [9.17, 15) is 9.18 Å². The maximum atomic E-state index is 13.0. The first kappa shape index (κ1) is 18.7. The third kappa shape index (κ3) is 4.55. The van der Waals surface area contributed by atoms with Gasteiger partial charge in [-0.3, -0.25) is 4.79 Å². The Kier molecular flexibility index (Phi) is 6.13. The molecule has 6 nitrogen and oxygen atoms in total. The smallest absolute Gasteiger partial charge is 0.235 e. The van der Waals surface area contributed by atoms with Gasteiger partial charge in [-0.05, 0) is 37.5 Å². The highest BCUT2D eigenvalue weighted by atomic mass is 32.2. The zero-order valence-electron chi connectivity index (χ0n) is 14.9. The lowest BCUT2D eigenvalue weighted by molar-refractivity contribution is -0.130. The van der Waals surface area contributed by atoms with Gasteiger partial charge in [-0.25, -0.2) is 9.07 Å². The molecule has 0 radical (unpaired) electrons. The average molecular weight is 377 g/mol. The molecule has 1 aliphatic heterocycles. The molecule has 1 saturated heterocycles.